The zero-order valence-electron chi connectivity index (χ0n) is 13.5. The predicted molar refractivity (Wildman–Crippen MR) is 92.0 cm³/mol. The molecule has 4 nitrogen and oxygen atoms in total. The number of rotatable bonds is 6. The summed E-state index contributed by atoms with van der Waals surface area (Å²) in [6.45, 7) is 1.25. The molecule has 0 aliphatic carbocycles. The summed E-state index contributed by atoms with van der Waals surface area (Å²) in [4.78, 5) is 24.2. The lowest BCUT2D eigenvalue weighted by Gasteiger charge is -2.10. The Morgan fingerprint density at radius 2 is 1.71 bits per heavy atom. The van der Waals surface area contributed by atoms with E-state index >= 15 is 0 Å². The summed E-state index contributed by atoms with van der Waals surface area (Å²) in [5, 5.41) is 2.91. The average Bonchev–Trinajstić information content (AvgIpc) is 3.17. The van der Waals surface area contributed by atoms with E-state index in [9.17, 15) is 9.59 Å². The molecule has 1 amide bonds. The molecule has 2 aromatic carbocycles. The Kier molecular flexibility index (Phi) is 5.39. The van der Waals surface area contributed by atoms with Crippen LogP contribution >= 0.6 is 0 Å². The summed E-state index contributed by atoms with van der Waals surface area (Å²) >= 11 is 0. The highest BCUT2D eigenvalue weighted by atomic mass is 16.5. The molecule has 1 N–H and O–H groups in total. The minimum Gasteiger partial charge on any atom is -0.368 e. The van der Waals surface area contributed by atoms with Crippen LogP contribution in [0.1, 0.15) is 34.3 Å². The zero-order valence-corrected chi connectivity index (χ0v) is 13.5. The molecule has 4 heteroatoms. The smallest absolute Gasteiger partial charge is 0.249 e. The van der Waals surface area contributed by atoms with Gasteiger partial charge in [0.25, 0.3) is 0 Å². The molecule has 2 aromatic rings. The van der Waals surface area contributed by atoms with Gasteiger partial charge in [-0.15, -0.1) is 0 Å². The van der Waals surface area contributed by atoms with Gasteiger partial charge in [-0.3, -0.25) is 9.59 Å². The summed E-state index contributed by atoms with van der Waals surface area (Å²) in [6, 6.07) is 16.8. The Hall–Kier alpha value is -2.46. The van der Waals surface area contributed by atoms with Crippen LogP contribution in [0.4, 0.5) is 0 Å². The first-order chi connectivity index (χ1) is 11.7. The molecule has 3 rings (SSSR count). The second-order valence-corrected chi connectivity index (χ2v) is 5.93. The van der Waals surface area contributed by atoms with Crippen molar-refractivity contribution in [3.63, 3.8) is 0 Å². The number of benzene rings is 2. The van der Waals surface area contributed by atoms with Crippen LogP contribution in [0.2, 0.25) is 0 Å². The van der Waals surface area contributed by atoms with E-state index in [1.54, 1.807) is 0 Å². The van der Waals surface area contributed by atoms with Crippen LogP contribution in [0.15, 0.2) is 54.6 Å². The Bertz CT molecular complexity index is 689. The molecule has 0 spiro atoms. The maximum Gasteiger partial charge on any atom is 0.249 e. The normalized spacial score (nSPS) is 16.8. The van der Waals surface area contributed by atoms with E-state index in [1.165, 1.54) is 0 Å². The molecule has 1 atom stereocenters. The topological polar surface area (TPSA) is 55.4 Å². The largest absolute Gasteiger partial charge is 0.368 e. The van der Waals surface area contributed by atoms with Gasteiger partial charge in [-0.2, -0.15) is 0 Å². The van der Waals surface area contributed by atoms with Gasteiger partial charge in [0.2, 0.25) is 5.91 Å². The number of carbonyl (C=O) groups excluding carboxylic acids is 2. The van der Waals surface area contributed by atoms with Crippen molar-refractivity contribution >= 4 is 11.7 Å². The van der Waals surface area contributed by atoms with E-state index in [0.29, 0.717) is 24.3 Å². The Morgan fingerprint density at radius 1 is 1.00 bits per heavy atom. The number of hydrogen-bond acceptors (Lipinski definition) is 3. The molecule has 1 heterocycles. The third-order valence-corrected chi connectivity index (χ3v) is 4.19. The lowest BCUT2D eigenvalue weighted by molar-refractivity contribution is -0.129. The van der Waals surface area contributed by atoms with E-state index in [2.05, 4.69) is 5.32 Å². The van der Waals surface area contributed by atoms with Gasteiger partial charge in [-0.05, 0) is 24.8 Å². The van der Waals surface area contributed by atoms with Gasteiger partial charge < -0.3 is 10.1 Å². The molecule has 0 aromatic heterocycles. The van der Waals surface area contributed by atoms with Crippen molar-refractivity contribution in [3.8, 4) is 0 Å². The molecule has 0 bridgehead atoms. The van der Waals surface area contributed by atoms with Crippen LogP contribution in [-0.4, -0.2) is 30.9 Å². The molecule has 1 aliphatic rings. The second-order valence-electron chi connectivity index (χ2n) is 5.93. The molecule has 1 fully saturated rings. The van der Waals surface area contributed by atoms with Crippen molar-refractivity contribution in [2.24, 2.45) is 0 Å². The second kappa shape index (κ2) is 7.88. The third-order valence-electron chi connectivity index (χ3n) is 4.19. The SMILES string of the molecule is O=C(c1ccccc1)c1ccc(CCNC(=O)C2CCCO2)cc1. The first kappa shape index (κ1) is 16.4. The minimum atomic E-state index is -0.282. The van der Waals surface area contributed by atoms with Gasteiger partial charge in [0.05, 0.1) is 0 Å². The quantitative estimate of drug-likeness (QED) is 0.832. The van der Waals surface area contributed by atoms with Crippen molar-refractivity contribution in [2.45, 2.75) is 25.4 Å². The van der Waals surface area contributed by atoms with Crippen LogP contribution < -0.4 is 5.32 Å². The molecule has 1 unspecified atom stereocenters. The number of ether oxygens (including phenoxy) is 1. The summed E-state index contributed by atoms with van der Waals surface area (Å²) in [7, 11) is 0. The number of ketones is 1. The van der Waals surface area contributed by atoms with Crippen LogP contribution in [0.5, 0.6) is 0 Å². The summed E-state index contributed by atoms with van der Waals surface area (Å²) in [6.07, 6.45) is 2.21. The minimum absolute atomic E-state index is 0.0221. The van der Waals surface area contributed by atoms with E-state index < -0.39 is 0 Å². The molecule has 124 valence electrons. The third kappa shape index (κ3) is 4.09. The van der Waals surface area contributed by atoms with Crippen LogP contribution in [0.25, 0.3) is 0 Å². The maximum absolute atomic E-state index is 12.3. The monoisotopic (exact) mass is 323 g/mol. The Balaban J connectivity index is 1.51. The number of carbonyl (C=O) groups is 2. The van der Waals surface area contributed by atoms with E-state index in [-0.39, 0.29) is 17.8 Å². The number of hydrogen-bond donors (Lipinski definition) is 1. The number of nitrogens with one attached hydrogen (secondary N) is 1. The lowest BCUT2D eigenvalue weighted by Crippen LogP contribution is -2.35. The summed E-state index contributed by atoms with van der Waals surface area (Å²) in [5.41, 5.74) is 2.45. The first-order valence-electron chi connectivity index (χ1n) is 8.32. The van der Waals surface area contributed by atoms with Crippen LogP contribution in [0, 0.1) is 0 Å². The van der Waals surface area contributed by atoms with Gasteiger partial charge in [-0.25, -0.2) is 0 Å². The van der Waals surface area contributed by atoms with E-state index in [0.717, 1.165) is 24.8 Å². The molecule has 0 radical (unpaired) electrons. The molecule has 1 saturated heterocycles. The standard InChI is InChI=1S/C20H21NO3/c22-19(16-5-2-1-3-6-16)17-10-8-15(9-11-17)12-13-21-20(23)18-7-4-14-24-18/h1-3,5-6,8-11,18H,4,7,12-14H2,(H,21,23). The molecular formula is C20H21NO3. The fourth-order valence-corrected chi connectivity index (χ4v) is 2.81. The van der Waals surface area contributed by atoms with Gasteiger partial charge in [0.1, 0.15) is 6.10 Å². The van der Waals surface area contributed by atoms with Crippen molar-refractivity contribution in [1.82, 2.24) is 5.32 Å². The van der Waals surface area contributed by atoms with Crippen molar-refractivity contribution in [2.75, 3.05) is 13.2 Å². The summed E-state index contributed by atoms with van der Waals surface area (Å²) in [5.74, 6) is -0.00258. The van der Waals surface area contributed by atoms with Gasteiger partial charge >= 0.3 is 0 Å². The van der Waals surface area contributed by atoms with Crippen molar-refractivity contribution in [3.05, 3.63) is 71.3 Å². The highest BCUT2D eigenvalue weighted by Crippen LogP contribution is 2.13. The summed E-state index contributed by atoms with van der Waals surface area (Å²) < 4.78 is 5.35. The molecule has 24 heavy (non-hydrogen) atoms. The molecule has 1 aliphatic heterocycles. The van der Waals surface area contributed by atoms with E-state index in [4.69, 9.17) is 4.74 Å². The highest BCUT2D eigenvalue weighted by Gasteiger charge is 2.22. The van der Waals surface area contributed by atoms with E-state index in [1.807, 2.05) is 54.6 Å². The van der Waals surface area contributed by atoms with Gasteiger partial charge in [0, 0.05) is 24.3 Å². The fraction of sp³-hybridized carbons (Fsp3) is 0.300. The van der Waals surface area contributed by atoms with Crippen LogP contribution in [-0.2, 0) is 16.0 Å². The van der Waals surface area contributed by atoms with Gasteiger partial charge in [0.15, 0.2) is 5.78 Å². The lowest BCUT2D eigenvalue weighted by atomic mass is 10.0. The fourth-order valence-electron chi connectivity index (χ4n) is 2.81. The van der Waals surface area contributed by atoms with Gasteiger partial charge in [-0.1, -0.05) is 54.6 Å². The average molecular weight is 323 g/mol. The Labute approximate surface area is 141 Å². The highest BCUT2D eigenvalue weighted by molar-refractivity contribution is 6.08. The molecule has 0 saturated carbocycles. The zero-order chi connectivity index (χ0) is 16.8. The first-order valence-corrected chi connectivity index (χ1v) is 8.32. The van der Waals surface area contributed by atoms with Crippen LogP contribution in [0.3, 0.4) is 0 Å². The molecular weight excluding hydrogens is 302 g/mol. The Morgan fingerprint density at radius 3 is 2.38 bits per heavy atom. The number of amides is 1. The van der Waals surface area contributed by atoms with Crippen molar-refractivity contribution < 1.29 is 14.3 Å². The van der Waals surface area contributed by atoms with Crippen molar-refractivity contribution in [1.29, 1.82) is 0 Å². The maximum atomic E-state index is 12.3. The predicted octanol–water partition coefficient (Wildman–Crippen LogP) is 2.76.